The van der Waals surface area contributed by atoms with Crippen LogP contribution in [0, 0.1) is 12.8 Å². The molecule has 0 aliphatic heterocycles. The monoisotopic (exact) mass is 369 g/mol. The van der Waals surface area contributed by atoms with Crippen molar-refractivity contribution in [1.29, 1.82) is 0 Å². The van der Waals surface area contributed by atoms with Crippen molar-refractivity contribution in [3.05, 3.63) is 53.6 Å². The summed E-state index contributed by atoms with van der Waals surface area (Å²) in [6.07, 6.45) is 2.48. The van der Waals surface area contributed by atoms with Crippen molar-refractivity contribution in [2.75, 3.05) is 25.6 Å². The Balaban J connectivity index is 1.57. The van der Waals surface area contributed by atoms with Crippen molar-refractivity contribution in [3.8, 4) is 11.5 Å². The lowest BCUT2D eigenvalue weighted by molar-refractivity contribution is -0.142. The SMILES string of the molecule is COC(=O)COc1ccc(NC(=O)c2ccc(OCC3CC3)cc2)c(C)c1. The molecular weight excluding hydrogens is 346 g/mol. The number of hydrogen-bond acceptors (Lipinski definition) is 5. The minimum Gasteiger partial charge on any atom is -0.493 e. The van der Waals surface area contributed by atoms with Gasteiger partial charge in [0.1, 0.15) is 11.5 Å². The molecule has 2 aromatic carbocycles. The molecule has 0 atom stereocenters. The topological polar surface area (TPSA) is 73.9 Å². The Morgan fingerprint density at radius 3 is 2.37 bits per heavy atom. The number of amides is 1. The number of benzene rings is 2. The van der Waals surface area contributed by atoms with Crippen LogP contribution in [0.25, 0.3) is 0 Å². The zero-order chi connectivity index (χ0) is 19.2. The number of anilines is 1. The van der Waals surface area contributed by atoms with Gasteiger partial charge in [0.25, 0.3) is 5.91 Å². The third-order valence-electron chi connectivity index (χ3n) is 4.33. The zero-order valence-corrected chi connectivity index (χ0v) is 15.5. The van der Waals surface area contributed by atoms with Crippen LogP contribution < -0.4 is 14.8 Å². The van der Waals surface area contributed by atoms with Crippen molar-refractivity contribution in [2.45, 2.75) is 19.8 Å². The second-order valence-electron chi connectivity index (χ2n) is 6.57. The number of hydrogen-bond donors (Lipinski definition) is 1. The molecule has 3 rings (SSSR count). The average Bonchev–Trinajstić information content (AvgIpc) is 3.51. The maximum Gasteiger partial charge on any atom is 0.343 e. The summed E-state index contributed by atoms with van der Waals surface area (Å²) in [4.78, 5) is 23.6. The maximum absolute atomic E-state index is 12.4. The minimum atomic E-state index is -0.449. The van der Waals surface area contributed by atoms with Gasteiger partial charge in [-0.25, -0.2) is 4.79 Å². The molecule has 0 saturated heterocycles. The van der Waals surface area contributed by atoms with Crippen molar-refractivity contribution in [3.63, 3.8) is 0 Å². The Kier molecular flexibility index (Phi) is 5.96. The number of rotatable bonds is 8. The lowest BCUT2D eigenvalue weighted by Gasteiger charge is -2.11. The van der Waals surface area contributed by atoms with E-state index in [1.165, 1.54) is 20.0 Å². The van der Waals surface area contributed by atoms with Crippen molar-refractivity contribution < 1.29 is 23.8 Å². The quantitative estimate of drug-likeness (QED) is 0.720. The molecule has 0 aromatic heterocycles. The number of carbonyl (C=O) groups is 2. The van der Waals surface area contributed by atoms with Crippen molar-refractivity contribution in [2.24, 2.45) is 5.92 Å². The third-order valence-corrected chi connectivity index (χ3v) is 4.33. The number of carbonyl (C=O) groups excluding carboxylic acids is 2. The standard InChI is InChI=1S/C21H23NO5/c1-14-11-18(27-13-20(23)25-2)9-10-19(14)22-21(24)16-5-7-17(8-6-16)26-12-15-3-4-15/h5-11,15H,3-4,12-13H2,1-2H3,(H,22,24). The molecule has 27 heavy (non-hydrogen) atoms. The molecule has 1 aliphatic carbocycles. The molecule has 1 N–H and O–H groups in total. The Hall–Kier alpha value is -3.02. The molecule has 1 aliphatic rings. The van der Waals surface area contributed by atoms with Crippen LogP contribution in [0.2, 0.25) is 0 Å². The summed E-state index contributed by atoms with van der Waals surface area (Å²) in [6, 6.07) is 12.3. The molecule has 0 radical (unpaired) electrons. The molecule has 1 fully saturated rings. The van der Waals surface area contributed by atoms with E-state index in [4.69, 9.17) is 9.47 Å². The highest BCUT2D eigenvalue weighted by molar-refractivity contribution is 6.04. The van der Waals surface area contributed by atoms with Crippen molar-refractivity contribution >= 4 is 17.6 Å². The van der Waals surface area contributed by atoms with E-state index in [0.29, 0.717) is 22.9 Å². The van der Waals surface area contributed by atoms with E-state index in [0.717, 1.165) is 17.9 Å². The van der Waals surface area contributed by atoms with Gasteiger partial charge in [-0.1, -0.05) is 0 Å². The first-order valence-corrected chi connectivity index (χ1v) is 8.89. The Bertz CT molecular complexity index is 812. The van der Waals surface area contributed by atoms with E-state index in [1.807, 2.05) is 19.1 Å². The normalized spacial score (nSPS) is 13.0. The first kappa shape index (κ1) is 18.8. The fourth-order valence-corrected chi connectivity index (χ4v) is 2.46. The van der Waals surface area contributed by atoms with Crippen molar-refractivity contribution in [1.82, 2.24) is 0 Å². The van der Waals surface area contributed by atoms with Gasteiger partial charge < -0.3 is 19.5 Å². The molecule has 0 bridgehead atoms. The van der Waals surface area contributed by atoms with E-state index >= 15 is 0 Å². The summed E-state index contributed by atoms with van der Waals surface area (Å²) in [6.45, 7) is 2.45. The fraction of sp³-hybridized carbons (Fsp3) is 0.333. The molecule has 0 spiro atoms. The van der Waals surface area contributed by atoms with E-state index < -0.39 is 5.97 Å². The molecule has 6 heteroatoms. The summed E-state index contributed by atoms with van der Waals surface area (Å²) in [7, 11) is 1.31. The van der Waals surface area contributed by atoms with Gasteiger partial charge in [-0.05, 0) is 73.7 Å². The van der Waals surface area contributed by atoms with Crippen LogP contribution in [0.1, 0.15) is 28.8 Å². The number of ether oxygens (including phenoxy) is 3. The first-order valence-electron chi connectivity index (χ1n) is 8.89. The van der Waals surface area contributed by atoms with Gasteiger partial charge >= 0.3 is 5.97 Å². The molecule has 6 nitrogen and oxygen atoms in total. The highest BCUT2D eigenvalue weighted by Crippen LogP contribution is 2.29. The molecule has 1 saturated carbocycles. The molecule has 0 unspecified atom stereocenters. The number of nitrogens with one attached hydrogen (secondary N) is 1. The highest BCUT2D eigenvalue weighted by atomic mass is 16.6. The molecule has 2 aromatic rings. The molecule has 0 heterocycles. The first-order chi connectivity index (χ1) is 13.0. The largest absolute Gasteiger partial charge is 0.493 e. The van der Waals surface area contributed by atoms with Gasteiger partial charge in [0.15, 0.2) is 6.61 Å². The predicted molar refractivity (Wildman–Crippen MR) is 101 cm³/mol. The summed E-state index contributed by atoms with van der Waals surface area (Å²) in [5.74, 6) is 1.36. The smallest absolute Gasteiger partial charge is 0.343 e. The molecule has 1 amide bonds. The summed E-state index contributed by atoms with van der Waals surface area (Å²) < 4.78 is 15.6. The summed E-state index contributed by atoms with van der Waals surface area (Å²) in [5, 5.41) is 2.88. The molecule has 142 valence electrons. The van der Waals surface area contributed by atoms with Gasteiger partial charge in [0.2, 0.25) is 0 Å². The van der Waals surface area contributed by atoms with Gasteiger partial charge in [-0.3, -0.25) is 4.79 Å². The van der Waals surface area contributed by atoms with E-state index in [1.54, 1.807) is 30.3 Å². The minimum absolute atomic E-state index is 0.156. The Morgan fingerprint density at radius 1 is 1.04 bits per heavy atom. The van der Waals surface area contributed by atoms with Gasteiger partial charge in [-0.2, -0.15) is 0 Å². The maximum atomic E-state index is 12.4. The van der Waals surface area contributed by atoms with Gasteiger partial charge in [-0.15, -0.1) is 0 Å². The van der Waals surface area contributed by atoms with Crippen LogP contribution in [0.5, 0.6) is 11.5 Å². The van der Waals surface area contributed by atoms with E-state index in [9.17, 15) is 9.59 Å². The molecular formula is C21H23NO5. The fourth-order valence-electron chi connectivity index (χ4n) is 2.46. The third kappa shape index (κ3) is 5.48. The Labute approximate surface area is 158 Å². The average molecular weight is 369 g/mol. The predicted octanol–water partition coefficient (Wildman–Crippen LogP) is 3.59. The van der Waals surface area contributed by atoms with Crippen LogP contribution in [0.3, 0.4) is 0 Å². The van der Waals surface area contributed by atoms with Crippen LogP contribution in [0.4, 0.5) is 5.69 Å². The van der Waals surface area contributed by atoms with E-state index in [-0.39, 0.29) is 12.5 Å². The lowest BCUT2D eigenvalue weighted by atomic mass is 10.1. The number of aryl methyl sites for hydroxylation is 1. The van der Waals surface area contributed by atoms with Crippen LogP contribution in [-0.4, -0.2) is 32.2 Å². The van der Waals surface area contributed by atoms with Crippen LogP contribution >= 0.6 is 0 Å². The van der Waals surface area contributed by atoms with Gasteiger partial charge in [0.05, 0.1) is 13.7 Å². The number of esters is 1. The highest BCUT2D eigenvalue weighted by Gasteiger charge is 2.21. The zero-order valence-electron chi connectivity index (χ0n) is 15.5. The second-order valence-corrected chi connectivity index (χ2v) is 6.57. The van der Waals surface area contributed by atoms with Crippen LogP contribution in [-0.2, 0) is 9.53 Å². The van der Waals surface area contributed by atoms with E-state index in [2.05, 4.69) is 10.1 Å². The lowest BCUT2D eigenvalue weighted by Crippen LogP contribution is -2.14. The van der Waals surface area contributed by atoms with Crippen LogP contribution in [0.15, 0.2) is 42.5 Å². The summed E-state index contributed by atoms with van der Waals surface area (Å²) in [5.41, 5.74) is 2.06. The number of methoxy groups -OCH3 is 1. The second kappa shape index (κ2) is 8.58. The van der Waals surface area contributed by atoms with Gasteiger partial charge in [0, 0.05) is 11.3 Å². The summed E-state index contributed by atoms with van der Waals surface area (Å²) >= 11 is 0. The Morgan fingerprint density at radius 2 is 1.74 bits per heavy atom.